The van der Waals surface area contributed by atoms with Crippen LogP contribution in [0.2, 0.25) is 0 Å². The number of halogens is 3. The summed E-state index contributed by atoms with van der Waals surface area (Å²) in [4.78, 5) is 11.6. The summed E-state index contributed by atoms with van der Waals surface area (Å²) >= 11 is 1.09. The van der Waals surface area contributed by atoms with Crippen LogP contribution in [0.4, 0.5) is 30.4 Å². The third-order valence-electron chi connectivity index (χ3n) is 6.56. The van der Waals surface area contributed by atoms with Gasteiger partial charge in [0.05, 0.1) is 23.7 Å². The van der Waals surface area contributed by atoms with Gasteiger partial charge >= 0.3 is 6.18 Å². The van der Waals surface area contributed by atoms with Crippen molar-refractivity contribution in [3.05, 3.63) is 59.5 Å². The fourth-order valence-corrected chi connectivity index (χ4v) is 5.77. The number of nitrogens with one attached hydrogen (secondary N) is 2. The molecule has 2 atom stereocenters. The number of hydrogen-bond acceptors (Lipinski definition) is 7. The average molecular weight is 516 g/mol. The zero-order valence-electron chi connectivity index (χ0n) is 20.1. The molecule has 0 saturated heterocycles. The van der Waals surface area contributed by atoms with Crippen molar-refractivity contribution in [3.63, 3.8) is 0 Å². The van der Waals surface area contributed by atoms with E-state index in [9.17, 15) is 13.2 Å². The number of aromatic nitrogens is 4. The minimum absolute atomic E-state index is 0.262. The van der Waals surface area contributed by atoms with Crippen LogP contribution in [0.3, 0.4) is 0 Å². The van der Waals surface area contributed by atoms with Crippen LogP contribution in [0.25, 0.3) is 10.2 Å². The van der Waals surface area contributed by atoms with Crippen LogP contribution in [0.15, 0.2) is 49.1 Å². The molecule has 1 saturated carbocycles. The first kappa shape index (κ1) is 24.5. The molecular weight excluding hydrogens is 487 g/mol. The maximum atomic E-state index is 12.9. The van der Waals surface area contributed by atoms with Gasteiger partial charge in [-0.25, -0.2) is 9.97 Å². The Morgan fingerprint density at radius 3 is 2.67 bits per heavy atom. The molecule has 4 aromatic rings. The van der Waals surface area contributed by atoms with Crippen LogP contribution in [0, 0.1) is 0 Å². The molecule has 1 aliphatic rings. The molecule has 11 heteroatoms. The first-order valence-electron chi connectivity index (χ1n) is 11.8. The third-order valence-corrected chi connectivity index (χ3v) is 7.61. The average Bonchev–Trinajstić information content (AvgIpc) is 3.56. The van der Waals surface area contributed by atoms with Crippen molar-refractivity contribution in [2.75, 3.05) is 17.3 Å². The summed E-state index contributed by atoms with van der Waals surface area (Å²) < 4.78 is 40.4. The van der Waals surface area contributed by atoms with Crippen LogP contribution in [0.5, 0.6) is 0 Å². The highest BCUT2D eigenvalue weighted by Gasteiger charge is 2.31. The second-order valence-corrected chi connectivity index (χ2v) is 10.4. The predicted molar refractivity (Wildman–Crippen MR) is 137 cm³/mol. The number of aryl methyl sites for hydroxylation is 1. The Hall–Kier alpha value is -3.18. The number of thiophene rings is 1. The number of alkyl halides is 3. The van der Waals surface area contributed by atoms with E-state index in [-0.39, 0.29) is 10.9 Å². The molecule has 190 valence electrons. The second-order valence-electron chi connectivity index (χ2n) is 9.30. The fourth-order valence-electron chi connectivity index (χ4n) is 4.75. The van der Waals surface area contributed by atoms with Gasteiger partial charge in [-0.15, -0.1) is 11.3 Å². The van der Waals surface area contributed by atoms with Gasteiger partial charge in [0.1, 0.15) is 17.0 Å². The van der Waals surface area contributed by atoms with Crippen molar-refractivity contribution in [2.24, 2.45) is 7.05 Å². The van der Waals surface area contributed by atoms with Crippen molar-refractivity contribution in [1.29, 1.82) is 0 Å². The number of fused-ring (bicyclic) bond motifs is 1. The van der Waals surface area contributed by atoms with Crippen molar-refractivity contribution >= 4 is 38.7 Å². The normalized spacial score (nSPS) is 18.1. The molecule has 0 radical (unpaired) electrons. The molecule has 7 nitrogen and oxygen atoms in total. The van der Waals surface area contributed by atoms with Gasteiger partial charge in [-0.1, -0.05) is 12.1 Å². The van der Waals surface area contributed by atoms with Gasteiger partial charge in [0.25, 0.3) is 0 Å². The van der Waals surface area contributed by atoms with Gasteiger partial charge in [-0.3, -0.25) is 4.68 Å². The maximum Gasteiger partial charge on any atom is 0.393 e. The van der Waals surface area contributed by atoms with Gasteiger partial charge in [0, 0.05) is 49.5 Å². The number of anilines is 3. The standard InChI is InChI=1S/C25H28F3N7S/c1-34-14-19(13-32-34)33-17-5-3-16(4-6-17)12-29-18-7-8-20(9-18)35(2)23-22-10-21(11-25(26,27)28)36-24(22)31-15-30-23/h3-6,10,13-15,18,20,29,33H,7-9,11-12H2,1-2H3. The fraction of sp³-hybridized carbons (Fsp3) is 0.400. The Balaban J connectivity index is 1.17. The maximum absolute atomic E-state index is 12.9. The van der Waals surface area contributed by atoms with Crippen molar-refractivity contribution in [1.82, 2.24) is 25.1 Å². The van der Waals surface area contributed by atoms with E-state index in [2.05, 4.69) is 54.9 Å². The van der Waals surface area contributed by atoms with Gasteiger partial charge < -0.3 is 15.5 Å². The van der Waals surface area contributed by atoms with E-state index in [0.29, 0.717) is 22.1 Å². The molecule has 1 fully saturated rings. The summed E-state index contributed by atoms with van der Waals surface area (Å²) in [7, 11) is 3.86. The summed E-state index contributed by atoms with van der Waals surface area (Å²) in [6, 6.07) is 10.6. The Morgan fingerprint density at radius 1 is 1.14 bits per heavy atom. The van der Waals surface area contributed by atoms with E-state index >= 15 is 0 Å². The van der Waals surface area contributed by atoms with E-state index in [1.807, 2.05) is 20.3 Å². The van der Waals surface area contributed by atoms with E-state index in [1.165, 1.54) is 11.9 Å². The Kier molecular flexibility index (Phi) is 6.85. The highest BCUT2D eigenvalue weighted by Crippen LogP contribution is 2.35. The monoisotopic (exact) mass is 515 g/mol. The highest BCUT2D eigenvalue weighted by atomic mass is 32.1. The third kappa shape index (κ3) is 5.79. The van der Waals surface area contributed by atoms with Gasteiger partial charge in [-0.2, -0.15) is 18.3 Å². The van der Waals surface area contributed by atoms with Crippen molar-refractivity contribution in [3.8, 4) is 0 Å². The first-order valence-corrected chi connectivity index (χ1v) is 12.7. The Morgan fingerprint density at radius 2 is 1.94 bits per heavy atom. The molecule has 2 N–H and O–H groups in total. The lowest BCUT2D eigenvalue weighted by molar-refractivity contribution is -0.126. The summed E-state index contributed by atoms with van der Waals surface area (Å²) in [5.74, 6) is 0.701. The second kappa shape index (κ2) is 10.1. The Bertz CT molecular complexity index is 1320. The lowest BCUT2D eigenvalue weighted by Gasteiger charge is -2.26. The zero-order valence-corrected chi connectivity index (χ0v) is 20.9. The summed E-state index contributed by atoms with van der Waals surface area (Å²) in [5.41, 5.74) is 3.17. The SMILES string of the molecule is CN(c1ncnc2sc(CC(F)(F)F)cc12)C1CCC(NCc2ccc(Nc3cnn(C)c3)cc2)C1. The van der Waals surface area contributed by atoms with Crippen LogP contribution < -0.4 is 15.5 Å². The van der Waals surface area contributed by atoms with Crippen LogP contribution in [-0.4, -0.2) is 45.1 Å². The number of rotatable bonds is 8. The lowest BCUT2D eigenvalue weighted by atomic mass is 10.1. The van der Waals surface area contributed by atoms with Gasteiger partial charge in [0.2, 0.25) is 0 Å². The minimum Gasteiger partial charge on any atom is -0.356 e. The highest BCUT2D eigenvalue weighted by molar-refractivity contribution is 7.18. The van der Waals surface area contributed by atoms with Crippen LogP contribution >= 0.6 is 11.3 Å². The molecule has 2 unspecified atom stereocenters. The molecule has 0 bridgehead atoms. The molecule has 0 amide bonds. The van der Waals surface area contributed by atoms with E-state index in [0.717, 1.165) is 48.5 Å². The molecule has 1 aliphatic carbocycles. The molecule has 3 heterocycles. The zero-order chi connectivity index (χ0) is 25.3. The van der Waals surface area contributed by atoms with E-state index in [1.54, 1.807) is 16.9 Å². The summed E-state index contributed by atoms with van der Waals surface area (Å²) in [6.07, 6.45) is 2.96. The van der Waals surface area contributed by atoms with Crippen molar-refractivity contribution in [2.45, 2.75) is 50.5 Å². The van der Waals surface area contributed by atoms with E-state index < -0.39 is 12.6 Å². The summed E-state index contributed by atoms with van der Waals surface area (Å²) in [5, 5.41) is 11.8. The van der Waals surface area contributed by atoms with Gasteiger partial charge in [-0.05, 0) is 43.0 Å². The van der Waals surface area contributed by atoms with E-state index in [4.69, 9.17) is 0 Å². The van der Waals surface area contributed by atoms with Crippen LogP contribution in [0.1, 0.15) is 29.7 Å². The Labute approximate surface area is 211 Å². The molecule has 3 aromatic heterocycles. The number of benzene rings is 1. The topological polar surface area (TPSA) is 70.9 Å². The van der Waals surface area contributed by atoms with Gasteiger partial charge in [0.15, 0.2) is 0 Å². The molecule has 5 rings (SSSR count). The number of hydrogen-bond donors (Lipinski definition) is 2. The lowest BCUT2D eigenvalue weighted by Crippen LogP contribution is -2.33. The number of nitrogens with zero attached hydrogens (tertiary/aromatic N) is 5. The quantitative estimate of drug-likeness (QED) is 0.327. The molecular formula is C25H28F3N7S. The first-order chi connectivity index (χ1) is 17.2. The summed E-state index contributed by atoms with van der Waals surface area (Å²) in [6.45, 7) is 0.775. The molecule has 1 aromatic carbocycles. The molecule has 0 aliphatic heterocycles. The van der Waals surface area contributed by atoms with Crippen molar-refractivity contribution < 1.29 is 13.2 Å². The minimum atomic E-state index is -4.24. The van der Waals surface area contributed by atoms with Crippen LogP contribution in [-0.2, 0) is 20.0 Å². The largest absolute Gasteiger partial charge is 0.393 e. The smallest absolute Gasteiger partial charge is 0.356 e. The predicted octanol–water partition coefficient (Wildman–Crippen LogP) is 5.42. The molecule has 36 heavy (non-hydrogen) atoms. The molecule has 0 spiro atoms.